The second-order valence-corrected chi connectivity index (χ2v) is 6.57. The molecule has 1 aliphatic heterocycles. The highest BCUT2D eigenvalue weighted by atomic mass is 16.6. The summed E-state index contributed by atoms with van der Waals surface area (Å²) in [6.45, 7) is 6.85. The maximum absolute atomic E-state index is 11.2. The van der Waals surface area contributed by atoms with Crippen molar-refractivity contribution in [3.63, 3.8) is 0 Å². The maximum atomic E-state index is 11.2. The molecule has 3 rings (SSSR count). The molecule has 0 spiro atoms. The van der Waals surface area contributed by atoms with Crippen LogP contribution in [0.1, 0.15) is 24.5 Å². The first-order chi connectivity index (χ1) is 12.2. The zero-order valence-electron chi connectivity index (χ0n) is 14.7. The van der Waals surface area contributed by atoms with E-state index < -0.39 is 0 Å². The van der Waals surface area contributed by atoms with Crippen molar-refractivity contribution >= 4 is 11.4 Å². The second kappa shape index (κ2) is 8.12. The smallest absolute Gasteiger partial charge is 0.269 e. The van der Waals surface area contributed by atoms with E-state index in [0.29, 0.717) is 0 Å². The van der Waals surface area contributed by atoms with E-state index in [9.17, 15) is 10.1 Å². The van der Waals surface area contributed by atoms with Crippen molar-refractivity contribution in [3.8, 4) is 0 Å². The van der Waals surface area contributed by atoms with Crippen LogP contribution in [0, 0.1) is 10.1 Å². The van der Waals surface area contributed by atoms with Crippen LogP contribution < -0.4 is 4.90 Å². The van der Waals surface area contributed by atoms with Crippen LogP contribution in [0.2, 0.25) is 0 Å². The number of benzene rings is 2. The van der Waals surface area contributed by atoms with Gasteiger partial charge in [-0.3, -0.25) is 15.0 Å². The first-order valence-corrected chi connectivity index (χ1v) is 8.96. The molecule has 1 heterocycles. The Kier molecular flexibility index (Phi) is 5.66. The third-order valence-electron chi connectivity index (χ3n) is 4.75. The van der Waals surface area contributed by atoms with Gasteiger partial charge in [-0.25, -0.2) is 0 Å². The topological polar surface area (TPSA) is 49.6 Å². The molecule has 132 valence electrons. The lowest BCUT2D eigenvalue weighted by molar-refractivity contribution is -0.384. The largest absolute Gasteiger partial charge is 0.370 e. The number of nitrogens with zero attached hydrogens (tertiary/aromatic N) is 3. The van der Waals surface area contributed by atoms with Gasteiger partial charge in [0, 0.05) is 44.0 Å². The number of hydrogen-bond acceptors (Lipinski definition) is 4. The lowest BCUT2D eigenvalue weighted by Gasteiger charge is -2.25. The number of nitro groups is 1. The third-order valence-corrected chi connectivity index (χ3v) is 4.75. The van der Waals surface area contributed by atoms with Crippen LogP contribution in [0.4, 0.5) is 11.4 Å². The summed E-state index contributed by atoms with van der Waals surface area (Å²) in [7, 11) is 0. The maximum Gasteiger partial charge on any atom is 0.269 e. The molecule has 5 heteroatoms. The third kappa shape index (κ3) is 4.37. The van der Waals surface area contributed by atoms with E-state index in [1.54, 1.807) is 12.1 Å². The zero-order chi connectivity index (χ0) is 17.6. The van der Waals surface area contributed by atoms with Gasteiger partial charge in [0.15, 0.2) is 0 Å². The van der Waals surface area contributed by atoms with E-state index in [4.69, 9.17) is 0 Å². The summed E-state index contributed by atoms with van der Waals surface area (Å²) >= 11 is 0. The molecule has 0 aromatic heterocycles. The van der Waals surface area contributed by atoms with Gasteiger partial charge < -0.3 is 4.90 Å². The Morgan fingerprint density at radius 2 is 1.88 bits per heavy atom. The van der Waals surface area contributed by atoms with Crippen molar-refractivity contribution < 1.29 is 4.92 Å². The standard InChI is InChI=1S/C20H25N3O2/c1-2-11-21-13-14-22(12-10-17-6-4-3-5-7-17)20-9-8-19(23(24)25)15-18(20)16-21/h3-9,15H,2,10-14,16H2,1H3. The summed E-state index contributed by atoms with van der Waals surface area (Å²) in [6, 6.07) is 15.8. The lowest BCUT2D eigenvalue weighted by Crippen LogP contribution is -2.33. The molecule has 2 aromatic rings. The number of fused-ring (bicyclic) bond motifs is 1. The molecule has 0 saturated carbocycles. The van der Waals surface area contributed by atoms with E-state index >= 15 is 0 Å². The van der Waals surface area contributed by atoms with Crippen LogP contribution in [-0.2, 0) is 13.0 Å². The molecule has 0 saturated heterocycles. The lowest BCUT2D eigenvalue weighted by atomic mass is 10.1. The minimum absolute atomic E-state index is 0.181. The van der Waals surface area contributed by atoms with Gasteiger partial charge in [-0.2, -0.15) is 0 Å². The molecule has 0 aliphatic carbocycles. The molecule has 0 N–H and O–H groups in total. The summed E-state index contributed by atoms with van der Waals surface area (Å²) in [5, 5.41) is 11.2. The fourth-order valence-corrected chi connectivity index (χ4v) is 3.47. The van der Waals surface area contributed by atoms with Crippen LogP contribution in [0.3, 0.4) is 0 Å². The minimum Gasteiger partial charge on any atom is -0.370 e. The van der Waals surface area contributed by atoms with E-state index in [0.717, 1.165) is 56.8 Å². The molecular formula is C20H25N3O2. The van der Waals surface area contributed by atoms with E-state index in [1.807, 2.05) is 12.1 Å². The molecule has 2 aromatic carbocycles. The summed E-state index contributed by atoms with van der Waals surface area (Å²) < 4.78 is 0. The van der Waals surface area contributed by atoms with Gasteiger partial charge in [-0.1, -0.05) is 37.3 Å². The molecule has 0 unspecified atom stereocenters. The van der Waals surface area contributed by atoms with Crippen molar-refractivity contribution in [1.82, 2.24) is 4.90 Å². The van der Waals surface area contributed by atoms with Crippen LogP contribution >= 0.6 is 0 Å². The zero-order valence-corrected chi connectivity index (χ0v) is 14.7. The number of rotatable bonds is 6. The molecular weight excluding hydrogens is 314 g/mol. The molecule has 5 nitrogen and oxygen atoms in total. The Morgan fingerprint density at radius 1 is 1.08 bits per heavy atom. The molecule has 0 bridgehead atoms. The number of anilines is 1. The summed E-state index contributed by atoms with van der Waals surface area (Å²) in [5.74, 6) is 0. The van der Waals surface area contributed by atoms with E-state index in [1.165, 1.54) is 5.56 Å². The normalized spacial score (nSPS) is 14.8. The number of nitro benzene ring substituents is 1. The van der Waals surface area contributed by atoms with Gasteiger partial charge in [0.25, 0.3) is 5.69 Å². The predicted molar refractivity (Wildman–Crippen MR) is 101 cm³/mol. The quantitative estimate of drug-likeness (QED) is 0.592. The summed E-state index contributed by atoms with van der Waals surface area (Å²) in [4.78, 5) is 15.6. The van der Waals surface area contributed by atoms with Gasteiger partial charge in [-0.05, 0) is 36.6 Å². The Hall–Kier alpha value is -2.40. The van der Waals surface area contributed by atoms with Gasteiger partial charge in [0.1, 0.15) is 0 Å². The summed E-state index contributed by atoms with van der Waals surface area (Å²) in [5.41, 5.74) is 3.70. The van der Waals surface area contributed by atoms with Gasteiger partial charge in [0.05, 0.1) is 4.92 Å². The Labute approximate surface area is 149 Å². The monoisotopic (exact) mass is 339 g/mol. The van der Waals surface area contributed by atoms with Crippen LogP contribution in [0.25, 0.3) is 0 Å². The van der Waals surface area contributed by atoms with Crippen molar-refractivity contribution in [3.05, 3.63) is 69.8 Å². The molecule has 0 atom stereocenters. The first kappa shape index (κ1) is 17.4. The van der Waals surface area contributed by atoms with Crippen LogP contribution in [-0.4, -0.2) is 36.0 Å². The molecule has 25 heavy (non-hydrogen) atoms. The highest BCUT2D eigenvalue weighted by Gasteiger charge is 2.21. The Balaban J connectivity index is 1.83. The van der Waals surface area contributed by atoms with E-state index in [-0.39, 0.29) is 10.6 Å². The average Bonchev–Trinajstić information content (AvgIpc) is 2.79. The van der Waals surface area contributed by atoms with E-state index in [2.05, 4.69) is 41.0 Å². The minimum atomic E-state index is -0.302. The van der Waals surface area contributed by atoms with Gasteiger partial charge >= 0.3 is 0 Å². The molecule has 0 fully saturated rings. The van der Waals surface area contributed by atoms with Crippen molar-refractivity contribution in [2.24, 2.45) is 0 Å². The van der Waals surface area contributed by atoms with Crippen molar-refractivity contribution in [2.45, 2.75) is 26.3 Å². The highest BCUT2D eigenvalue weighted by molar-refractivity contribution is 5.58. The van der Waals surface area contributed by atoms with Crippen LogP contribution in [0.5, 0.6) is 0 Å². The number of non-ortho nitro benzene ring substituents is 1. The highest BCUT2D eigenvalue weighted by Crippen LogP contribution is 2.29. The van der Waals surface area contributed by atoms with Gasteiger partial charge in [0.2, 0.25) is 0 Å². The number of hydrogen-bond donors (Lipinski definition) is 0. The van der Waals surface area contributed by atoms with Crippen LogP contribution in [0.15, 0.2) is 48.5 Å². The Morgan fingerprint density at radius 3 is 2.60 bits per heavy atom. The Bertz CT molecular complexity index is 718. The molecule has 0 amide bonds. The van der Waals surface area contributed by atoms with Crippen molar-refractivity contribution in [2.75, 3.05) is 31.1 Å². The fourth-order valence-electron chi connectivity index (χ4n) is 3.47. The first-order valence-electron chi connectivity index (χ1n) is 8.96. The second-order valence-electron chi connectivity index (χ2n) is 6.57. The van der Waals surface area contributed by atoms with Gasteiger partial charge in [-0.15, -0.1) is 0 Å². The average molecular weight is 339 g/mol. The fraction of sp³-hybridized carbons (Fsp3) is 0.400. The predicted octanol–water partition coefficient (Wildman–Crippen LogP) is 3.87. The molecule has 0 radical (unpaired) electrons. The molecule has 1 aliphatic rings. The van der Waals surface area contributed by atoms with Crippen molar-refractivity contribution in [1.29, 1.82) is 0 Å². The SMILES string of the molecule is CCCN1CCN(CCc2ccccc2)c2ccc([N+](=O)[O-])cc2C1. The summed E-state index contributed by atoms with van der Waals surface area (Å²) in [6.07, 6.45) is 2.07.